The summed E-state index contributed by atoms with van der Waals surface area (Å²) in [6.07, 6.45) is 0. The highest BCUT2D eigenvalue weighted by atomic mass is 127. The van der Waals surface area contributed by atoms with Gasteiger partial charge in [-0.3, -0.25) is 0 Å². The van der Waals surface area contributed by atoms with Crippen molar-refractivity contribution < 1.29 is 4.74 Å². The highest BCUT2D eigenvalue weighted by molar-refractivity contribution is 14.0. The normalized spacial score (nSPS) is 14.8. The molecule has 140 valence electrons. The van der Waals surface area contributed by atoms with Crippen LogP contribution in [0.3, 0.4) is 0 Å². The Morgan fingerprint density at radius 2 is 1.62 bits per heavy atom. The smallest absolute Gasteiger partial charge is 0.191 e. The molecule has 1 aliphatic rings. The van der Waals surface area contributed by atoms with Crippen LogP contribution in [0.5, 0.6) is 0 Å². The SMILES string of the molecule is I.NC(=NCc1cccc(COCc2ccccc2)c1)N1CCSCC1. The van der Waals surface area contributed by atoms with E-state index in [-0.39, 0.29) is 24.0 Å². The van der Waals surface area contributed by atoms with Crippen molar-refractivity contribution in [1.82, 2.24) is 4.90 Å². The molecule has 1 fully saturated rings. The van der Waals surface area contributed by atoms with Gasteiger partial charge in [-0.2, -0.15) is 11.8 Å². The molecule has 2 aromatic carbocycles. The zero-order chi connectivity index (χ0) is 17.3. The standard InChI is InChI=1S/C20H25N3OS.HI/c21-20(23-9-11-25-12-10-23)22-14-18-7-4-8-19(13-18)16-24-15-17-5-2-1-3-6-17;/h1-8,13H,9-12,14-16H2,(H2,21,22);1H. The van der Waals surface area contributed by atoms with Gasteiger partial charge in [-0.1, -0.05) is 54.6 Å². The van der Waals surface area contributed by atoms with Crippen LogP contribution in [0.25, 0.3) is 0 Å². The van der Waals surface area contributed by atoms with Crippen LogP contribution in [0.1, 0.15) is 16.7 Å². The zero-order valence-corrected chi connectivity index (χ0v) is 18.0. The third-order valence-electron chi connectivity index (χ3n) is 4.13. The predicted octanol–water partition coefficient (Wildman–Crippen LogP) is 3.88. The quantitative estimate of drug-likeness (QED) is 0.385. The van der Waals surface area contributed by atoms with Crippen molar-refractivity contribution in [3.05, 3.63) is 71.3 Å². The summed E-state index contributed by atoms with van der Waals surface area (Å²) in [5, 5.41) is 0. The fourth-order valence-corrected chi connectivity index (χ4v) is 3.65. The summed E-state index contributed by atoms with van der Waals surface area (Å²) in [6, 6.07) is 18.6. The molecule has 1 aliphatic heterocycles. The van der Waals surface area contributed by atoms with Crippen molar-refractivity contribution in [3.63, 3.8) is 0 Å². The molecule has 3 rings (SSSR count). The lowest BCUT2D eigenvalue weighted by molar-refractivity contribution is 0.107. The largest absolute Gasteiger partial charge is 0.372 e. The zero-order valence-electron chi connectivity index (χ0n) is 14.8. The number of nitrogens with two attached hydrogens (primary N) is 1. The highest BCUT2D eigenvalue weighted by Gasteiger charge is 2.11. The van der Waals surface area contributed by atoms with Crippen molar-refractivity contribution in [3.8, 4) is 0 Å². The van der Waals surface area contributed by atoms with Gasteiger partial charge >= 0.3 is 0 Å². The number of hydrogen-bond donors (Lipinski definition) is 1. The summed E-state index contributed by atoms with van der Waals surface area (Å²) in [5.41, 5.74) is 9.64. The first kappa shape index (κ1) is 21.1. The number of guanidine groups is 1. The van der Waals surface area contributed by atoms with E-state index < -0.39 is 0 Å². The van der Waals surface area contributed by atoms with Crippen LogP contribution in [0.15, 0.2) is 59.6 Å². The molecule has 2 aromatic rings. The van der Waals surface area contributed by atoms with Crippen LogP contribution in [-0.2, 0) is 24.5 Å². The van der Waals surface area contributed by atoms with E-state index in [4.69, 9.17) is 10.5 Å². The van der Waals surface area contributed by atoms with Crippen molar-refractivity contribution in [1.29, 1.82) is 0 Å². The second-order valence-electron chi connectivity index (χ2n) is 6.07. The topological polar surface area (TPSA) is 50.9 Å². The molecule has 1 saturated heterocycles. The number of aliphatic imine (C=N–C) groups is 1. The van der Waals surface area contributed by atoms with Crippen molar-refractivity contribution in [2.24, 2.45) is 10.7 Å². The first-order valence-corrected chi connectivity index (χ1v) is 9.79. The van der Waals surface area contributed by atoms with E-state index in [2.05, 4.69) is 46.3 Å². The molecule has 0 unspecified atom stereocenters. The number of hydrogen-bond acceptors (Lipinski definition) is 3. The maximum Gasteiger partial charge on any atom is 0.191 e. The second-order valence-corrected chi connectivity index (χ2v) is 7.30. The number of benzene rings is 2. The summed E-state index contributed by atoms with van der Waals surface area (Å²) in [6.45, 7) is 3.83. The van der Waals surface area contributed by atoms with Gasteiger partial charge < -0.3 is 15.4 Å². The summed E-state index contributed by atoms with van der Waals surface area (Å²) in [4.78, 5) is 6.73. The average molecular weight is 483 g/mol. The van der Waals surface area contributed by atoms with Crippen LogP contribution in [0.4, 0.5) is 0 Å². The van der Waals surface area contributed by atoms with E-state index in [9.17, 15) is 0 Å². The van der Waals surface area contributed by atoms with Gasteiger partial charge in [-0.15, -0.1) is 24.0 Å². The molecule has 1 heterocycles. The minimum absolute atomic E-state index is 0. The Labute approximate surface area is 177 Å². The minimum atomic E-state index is 0. The van der Waals surface area contributed by atoms with Crippen molar-refractivity contribution in [2.75, 3.05) is 24.6 Å². The maximum atomic E-state index is 6.12. The van der Waals surface area contributed by atoms with E-state index in [1.807, 2.05) is 30.0 Å². The van der Waals surface area contributed by atoms with Crippen LogP contribution < -0.4 is 5.73 Å². The molecule has 0 saturated carbocycles. The van der Waals surface area contributed by atoms with Crippen LogP contribution in [-0.4, -0.2) is 35.5 Å². The molecule has 0 radical (unpaired) electrons. The Bertz CT molecular complexity index is 690. The van der Waals surface area contributed by atoms with Gasteiger partial charge in [-0.05, 0) is 16.7 Å². The molecule has 4 nitrogen and oxygen atoms in total. The van der Waals surface area contributed by atoms with Crippen LogP contribution in [0, 0.1) is 0 Å². The third-order valence-corrected chi connectivity index (χ3v) is 5.07. The summed E-state index contributed by atoms with van der Waals surface area (Å²) < 4.78 is 5.81. The number of rotatable bonds is 6. The molecule has 26 heavy (non-hydrogen) atoms. The Morgan fingerprint density at radius 1 is 0.962 bits per heavy atom. The summed E-state index contributed by atoms with van der Waals surface area (Å²) >= 11 is 1.97. The minimum Gasteiger partial charge on any atom is -0.372 e. The van der Waals surface area contributed by atoms with Crippen molar-refractivity contribution >= 4 is 41.7 Å². The van der Waals surface area contributed by atoms with Gasteiger partial charge in [0.25, 0.3) is 0 Å². The predicted molar refractivity (Wildman–Crippen MR) is 121 cm³/mol. The first-order chi connectivity index (χ1) is 12.3. The van der Waals surface area contributed by atoms with E-state index >= 15 is 0 Å². The van der Waals surface area contributed by atoms with Gasteiger partial charge in [0.15, 0.2) is 5.96 Å². The van der Waals surface area contributed by atoms with Gasteiger partial charge in [0.05, 0.1) is 19.8 Å². The summed E-state index contributed by atoms with van der Waals surface area (Å²) in [7, 11) is 0. The molecular formula is C20H26IN3OS. The number of halogens is 1. The molecule has 0 aliphatic carbocycles. The van der Waals surface area contributed by atoms with Gasteiger partial charge in [0, 0.05) is 24.6 Å². The number of thioether (sulfide) groups is 1. The molecule has 0 spiro atoms. The van der Waals surface area contributed by atoms with Crippen LogP contribution >= 0.6 is 35.7 Å². The fraction of sp³-hybridized carbons (Fsp3) is 0.350. The molecule has 0 bridgehead atoms. The highest BCUT2D eigenvalue weighted by Crippen LogP contribution is 2.11. The molecular weight excluding hydrogens is 457 g/mol. The van der Waals surface area contributed by atoms with E-state index in [0.717, 1.165) is 35.7 Å². The van der Waals surface area contributed by atoms with Crippen LogP contribution in [0.2, 0.25) is 0 Å². The molecule has 6 heteroatoms. The van der Waals surface area contributed by atoms with E-state index in [0.29, 0.717) is 25.7 Å². The number of nitrogens with zero attached hydrogens (tertiary/aromatic N) is 2. The van der Waals surface area contributed by atoms with Gasteiger partial charge in [0.1, 0.15) is 0 Å². The Kier molecular flexibility index (Phi) is 9.28. The maximum absolute atomic E-state index is 6.12. The lowest BCUT2D eigenvalue weighted by Crippen LogP contribution is -2.42. The van der Waals surface area contributed by atoms with Gasteiger partial charge in [-0.25, -0.2) is 4.99 Å². The van der Waals surface area contributed by atoms with E-state index in [1.165, 1.54) is 5.56 Å². The van der Waals surface area contributed by atoms with Crippen molar-refractivity contribution in [2.45, 2.75) is 19.8 Å². The Morgan fingerprint density at radius 3 is 2.38 bits per heavy atom. The molecule has 0 atom stereocenters. The number of ether oxygens (including phenoxy) is 1. The molecule has 0 aromatic heterocycles. The third kappa shape index (κ3) is 6.81. The molecule has 0 amide bonds. The van der Waals surface area contributed by atoms with E-state index in [1.54, 1.807) is 0 Å². The average Bonchev–Trinajstić information content (AvgIpc) is 2.68. The lowest BCUT2D eigenvalue weighted by Gasteiger charge is -2.27. The lowest BCUT2D eigenvalue weighted by atomic mass is 10.1. The fourth-order valence-electron chi connectivity index (χ4n) is 2.74. The Balaban J connectivity index is 0.00000243. The first-order valence-electron chi connectivity index (χ1n) is 8.63. The summed E-state index contributed by atoms with van der Waals surface area (Å²) in [5.74, 6) is 2.92. The Hall–Kier alpha value is -1.25. The second kappa shape index (κ2) is 11.5. The van der Waals surface area contributed by atoms with Gasteiger partial charge in [0.2, 0.25) is 0 Å². The monoisotopic (exact) mass is 483 g/mol. The molecule has 2 N–H and O–H groups in total.